The molecule has 0 rings (SSSR count). The molecule has 0 atom stereocenters. The summed E-state index contributed by atoms with van der Waals surface area (Å²) < 4.78 is 101. The van der Waals surface area contributed by atoms with Crippen LogP contribution in [0.4, 0.5) is 0 Å². The van der Waals surface area contributed by atoms with Crippen LogP contribution in [0.25, 0.3) is 0 Å². The molecule has 20 heteroatoms. The molecule has 0 spiro atoms. The molecule has 0 aromatic heterocycles. The summed E-state index contributed by atoms with van der Waals surface area (Å²) in [6.07, 6.45) is 0. The van der Waals surface area contributed by atoms with Crippen LogP contribution in [0, 0.1) is 76.8 Å². The van der Waals surface area contributed by atoms with E-state index in [1.165, 1.54) is 0 Å². The Morgan fingerprint density at radius 1 is 0.400 bits per heavy atom. The topological polar surface area (TPSA) is 241 Å². The Labute approximate surface area is 213 Å². The predicted octanol–water partition coefficient (Wildman–Crippen LogP) is -10.1. The van der Waals surface area contributed by atoms with Crippen LogP contribution in [0.15, 0.2) is 0 Å². The van der Waals surface area contributed by atoms with Crippen LogP contribution < -0.4 is 24.9 Å². The molecule has 0 fully saturated rings. The van der Waals surface area contributed by atoms with Crippen LogP contribution in [0.1, 0.15) is 0 Å². The monoisotopic (exact) mass is 687 g/mol. The minimum atomic E-state index is -1.75. The Morgan fingerprint density at radius 3 is 0.400 bits per heavy atom. The fraction of sp³-hybridized carbons (Fsp3) is 0. The van der Waals surface area contributed by atoms with Gasteiger partial charge in [0.1, 0.15) is 0 Å². The Bertz CT molecular complexity index is 119. The van der Waals surface area contributed by atoms with Gasteiger partial charge < -0.3 is 0 Å². The Kier molecular flexibility index (Phi) is 288. The zero-order chi connectivity index (χ0) is 16.2. The summed E-state index contributed by atoms with van der Waals surface area (Å²) in [4.78, 5) is 0. The van der Waals surface area contributed by atoms with E-state index in [0.29, 0.717) is 0 Å². The van der Waals surface area contributed by atoms with Crippen molar-refractivity contribution in [1.82, 2.24) is 0 Å². The van der Waals surface area contributed by atoms with Gasteiger partial charge in [0.15, 0.2) is 0 Å². The van der Waals surface area contributed by atoms with Crippen molar-refractivity contribution in [1.29, 1.82) is 0 Å². The molecular formula is Al6GdLuO12. The van der Waals surface area contributed by atoms with Crippen LogP contribution in [-0.2, 0) is 22.8 Å². The molecule has 0 aliphatic carbocycles. The molecule has 12 nitrogen and oxygen atoms in total. The molecule has 0 heterocycles. The van der Waals surface area contributed by atoms with Crippen LogP contribution in [0.3, 0.4) is 0 Å². The molecule has 0 aromatic rings. The minimum absolute atomic E-state index is 0. The van der Waals surface area contributed by atoms with E-state index in [4.69, 9.17) is 47.8 Å². The molecule has 0 saturated carbocycles. The molecule has 0 saturated heterocycles. The van der Waals surface area contributed by atoms with Gasteiger partial charge in [0, 0.05) is 0 Å². The second-order valence-corrected chi connectivity index (χ2v) is 1.73. The van der Waals surface area contributed by atoms with Crippen molar-refractivity contribution in [2.75, 3.05) is 0 Å². The summed E-state index contributed by atoms with van der Waals surface area (Å²) in [5.41, 5.74) is 0. The zero-order valence-corrected chi connectivity index (χ0v) is 19.8. The summed E-state index contributed by atoms with van der Waals surface area (Å²) in [6, 6.07) is 0. The SMILES string of the molecule is [Gd+3].[Lu+3].[O]=[Al][O-].[O]=[Al][O-].[O]=[Al][O-].[O]=[Al][O-].[O]=[Al][O-].[O]=[Al][O-]. The summed E-state index contributed by atoms with van der Waals surface area (Å²) in [5, 5.41) is 0. The molecule has 0 aliphatic rings. The standard InChI is InChI=1S/6Al.Gd.Lu.12O/q;;;;;;2*+3;;;;;;;6*-1. The van der Waals surface area contributed by atoms with Gasteiger partial charge in [0.05, 0.1) is 0 Å². The predicted molar refractivity (Wildman–Crippen MR) is 38.6 cm³/mol. The van der Waals surface area contributed by atoms with Gasteiger partial charge in [0.25, 0.3) is 0 Å². The van der Waals surface area contributed by atoms with Gasteiger partial charge in [-0.3, -0.25) is 0 Å². The van der Waals surface area contributed by atoms with Gasteiger partial charge in [0.2, 0.25) is 0 Å². The zero-order valence-electron chi connectivity index (χ0n) is 8.97. The normalized spacial score (nSPS) is 2.40. The van der Waals surface area contributed by atoms with Crippen molar-refractivity contribution in [2.24, 2.45) is 0 Å². The first-order valence-corrected chi connectivity index (χ1v) is 8.49. The van der Waals surface area contributed by atoms with Crippen molar-refractivity contribution in [3.8, 4) is 0 Å². The molecule has 0 bridgehead atoms. The van der Waals surface area contributed by atoms with E-state index in [1.807, 2.05) is 0 Å². The number of rotatable bonds is 0. The van der Waals surface area contributed by atoms with Gasteiger partial charge in [-0.05, 0) is 0 Å². The third-order valence-corrected chi connectivity index (χ3v) is 0. The van der Waals surface area contributed by atoms with Crippen LogP contribution >= 0.6 is 0 Å². The van der Waals surface area contributed by atoms with Gasteiger partial charge in [-0.15, -0.1) is 0 Å². The molecule has 0 N–H and O–H groups in total. The van der Waals surface area contributed by atoms with Gasteiger partial charge in [-0.1, -0.05) is 0 Å². The molecule has 113 valence electrons. The second kappa shape index (κ2) is 117. The van der Waals surface area contributed by atoms with E-state index < -0.39 is 92.9 Å². The summed E-state index contributed by atoms with van der Waals surface area (Å²) in [6.45, 7) is 0. The van der Waals surface area contributed by atoms with Crippen molar-refractivity contribution in [2.45, 2.75) is 0 Å². The summed E-state index contributed by atoms with van der Waals surface area (Å²) >= 11 is -10.5. The van der Waals surface area contributed by atoms with Crippen LogP contribution in [-0.4, -0.2) is 92.9 Å². The quantitative estimate of drug-likeness (QED) is 0.216. The first-order chi connectivity index (χ1) is 8.49. The van der Waals surface area contributed by atoms with E-state index in [-0.39, 0.29) is 76.8 Å². The molecule has 0 aromatic carbocycles. The second-order valence-electron chi connectivity index (χ2n) is 0.577. The van der Waals surface area contributed by atoms with E-state index in [1.54, 1.807) is 0 Å². The number of hydrogen-bond acceptors (Lipinski definition) is 12. The molecular weight excluding hydrogens is 686 g/mol. The molecule has 1 radical (unpaired) electrons. The van der Waals surface area contributed by atoms with Gasteiger partial charge in [-0.2, -0.15) is 0 Å². The molecule has 0 aliphatic heterocycles. The fourth-order valence-electron chi connectivity index (χ4n) is 0. The van der Waals surface area contributed by atoms with E-state index >= 15 is 0 Å². The molecule has 0 amide bonds. The van der Waals surface area contributed by atoms with E-state index in [2.05, 4.69) is 0 Å². The van der Waals surface area contributed by atoms with Crippen LogP contribution in [0.2, 0.25) is 0 Å². The van der Waals surface area contributed by atoms with Crippen molar-refractivity contribution < 1.29 is 125 Å². The summed E-state index contributed by atoms with van der Waals surface area (Å²) in [7, 11) is 0. The first kappa shape index (κ1) is 49.5. The molecule has 20 heavy (non-hydrogen) atoms. The van der Waals surface area contributed by atoms with Gasteiger partial charge >= 0.3 is 218 Å². The summed E-state index contributed by atoms with van der Waals surface area (Å²) in [5.74, 6) is 0. The van der Waals surface area contributed by atoms with Gasteiger partial charge in [-0.25, -0.2) is 0 Å². The van der Waals surface area contributed by atoms with Crippen molar-refractivity contribution in [3.63, 3.8) is 0 Å². The average Bonchev–Trinajstić information content (AvgIpc) is 2.23. The third kappa shape index (κ3) is 787. The maximum atomic E-state index is 8.46. The van der Waals surface area contributed by atoms with E-state index in [9.17, 15) is 0 Å². The average molecular weight is 686 g/mol. The van der Waals surface area contributed by atoms with Crippen molar-refractivity contribution in [3.05, 3.63) is 0 Å². The first-order valence-electron chi connectivity index (χ1n) is 2.83. The Morgan fingerprint density at radius 2 is 0.400 bits per heavy atom. The van der Waals surface area contributed by atoms with E-state index in [0.717, 1.165) is 0 Å². The number of hydrogen-bond donors (Lipinski definition) is 0. The third-order valence-electron chi connectivity index (χ3n) is 0. The fourth-order valence-corrected chi connectivity index (χ4v) is 0. The van der Waals surface area contributed by atoms with Crippen molar-refractivity contribution >= 4 is 92.9 Å². The Balaban J connectivity index is -0.0000000141. The van der Waals surface area contributed by atoms with Crippen LogP contribution in [0.5, 0.6) is 0 Å². The Hall–Kier alpha value is 3.35. The maximum absolute atomic E-state index is 8.46. The molecule has 0 unspecified atom stereocenters.